The van der Waals surface area contributed by atoms with Crippen molar-refractivity contribution < 1.29 is 10.2 Å². The summed E-state index contributed by atoms with van der Waals surface area (Å²) in [4.78, 5) is 0. The Morgan fingerprint density at radius 2 is 1.66 bits per heavy atom. The van der Waals surface area contributed by atoms with Crippen molar-refractivity contribution in [1.29, 1.82) is 0 Å². The lowest BCUT2D eigenvalue weighted by atomic mass is 9.43. The molecule has 0 unspecified atom stereocenters. The maximum atomic E-state index is 10.8. The Labute approximate surface area is 198 Å². The first kappa shape index (κ1) is 24.5. The Morgan fingerprint density at radius 3 is 2.31 bits per heavy atom. The molecule has 4 aliphatic carbocycles. The molecule has 0 aromatic heterocycles. The van der Waals surface area contributed by atoms with Crippen LogP contribution in [0.1, 0.15) is 113 Å². The van der Waals surface area contributed by atoms with Crippen LogP contribution in [-0.4, -0.2) is 22.4 Å². The first-order valence-corrected chi connectivity index (χ1v) is 13.5. The topological polar surface area (TPSA) is 40.5 Å². The molecule has 4 rings (SSSR count). The minimum atomic E-state index is -0.311. The summed E-state index contributed by atoms with van der Waals surface area (Å²) in [6.07, 6.45) is 12.2. The number of allylic oxidation sites excluding steroid dienone is 3. The maximum Gasteiger partial charge on any atom is 0.0726 e. The van der Waals surface area contributed by atoms with Crippen molar-refractivity contribution in [3.8, 4) is 0 Å². The molecule has 0 spiro atoms. The number of hydrogen-bond donors (Lipinski definition) is 2. The quantitative estimate of drug-likeness (QED) is 0.444. The van der Waals surface area contributed by atoms with Crippen molar-refractivity contribution in [3.63, 3.8) is 0 Å². The lowest BCUT2D eigenvalue weighted by Crippen LogP contribution is -2.55. The standard InChI is InChI=1S/C30H50O2/c1-19(2)17-21(31)18-20(3)22-11-15-30(8)24-9-10-25-27(4,5)26(32)13-14-28(25,6)23(24)12-16-29(22,30)7/h17,20-22,25-26,31-32H,9-16,18H2,1-8H3/t20-,21-,22+,25-,26-,28+,29+,30-/m0/s1. The molecule has 32 heavy (non-hydrogen) atoms. The van der Waals surface area contributed by atoms with Crippen molar-refractivity contribution in [1.82, 2.24) is 0 Å². The van der Waals surface area contributed by atoms with Gasteiger partial charge in [-0.05, 0) is 111 Å². The SMILES string of the molecule is CC(C)=C[C@H](O)C[C@H](C)[C@H]1CC[C@@]2(C)C3=C(CC[C@]12C)[C@@]1(C)CC[C@H](O)C(C)(C)[C@@H]1CC3. The molecule has 0 aliphatic heterocycles. The van der Waals surface area contributed by atoms with E-state index in [0.717, 1.165) is 19.3 Å². The van der Waals surface area contributed by atoms with Crippen LogP contribution < -0.4 is 0 Å². The van der Waals surface area contributed by atoms with Crippen molar-refractivity contribution in [2.24, 2.45) is 39.4 Å². The van der Waals surface area contributed by atoms with E-state index in [4.69, 9.17) is 0 Å². The number of aliphatic hydroxyl groups is 2. The summed E-state index contributed by atoms with van der Waals surface area (Å²) in [6, 6.07) is 0. The molecule has 0 amide bonds. The number of hydrogen-bond acceptors (Lipinski definition) is 2. The van der Waals surface area contributed by atoms with Gasteiger partial charge in [-0.1, -0.05) is 64.3 Å². The Balaban J connectivity index is 1.65. The lowest BCUT2D eigenvalue weighted by Gasteiger charge is -2.62. The number of fused-ring (bicyclic) bond motifs is 4. The van der Waals surface area contributed by atoms with Crippen LogP contribution in [0.2, 0.25) is 0 Å². The molecule has 0 bridgehead atoms. The molecule has 0 aromatic carbocycles. The monoisotopic (exact) mass is 442 g/mol. The summed E-state index contributed by atoms with van der Waals surface area (Å²) in [5, 5.41) is 21.4. The molecule has 182 valence electrons. The highest BCUT2D eigenvalue weighted by Gasteiger charge is 2.63. The van der Waals surface area contributed by atoms with Gasteiger partial charge < -0.3 is 10.2 Å². The van der Waals surface area contributed by atoms with Crippen LogP contribution in [0.15, 0.2) is 22.8 Å². The van der Waals surface area contributed by atoms with E-state index in [9.17, 15) is 10.2 Å². The first-order valence-electron chi connectivity index (χ1n) is 13.5. The molecule has 2 heteroatoms. The van der Waals surface area contributed by atoms with Crippen molar-refractivity contribution in [3.05, 3.63) is 22.8 Å². The largest absolute Gasteiger partial charge is 0.393 e. The fourth-order valence-corrected chi connectivity index (χ4v) is 9.63. The fourth-order valence-electron chi connectivity index (χ4n) is 9.63. The van der Waals surface area contributed by atoms with E-state index in [1.54, 1.807) is 5.57 Å². The van der Waals surface area contributed by atoms with Gasteiger partial charge in [0.1, 0.15) is 0 Å². The van der Waals surface area contributed by atoms with E-state index in [1.807, 2.05) is 11.6 Å². The fraction of sp³-hybridized carbons (Fsp3) is 0.867. The van der Waals surface area contributed by atoms with Gasteiger partial charge >= 0.3 is 0 Å². The predicted molar refractivity (Wildman–Crippen MR) is 134 cm³/mol. The Bertz CT molecular complexity index is 802. The number of aliphatic hydroxyl groups excluding tert-OH is 2. The van der Waals surface area contributed by atoms with Gasteiger partial charge in [0.2, 0.25) is 0 Å². The second kappa shape index (κ2) is 7.98. The van der Waals surface area contributed by atoms with E-state index in [2.05, 4.69) is 55.4 Å². The molecule has 0 radical (unpaired) electrons. The molecule has 2 saturated carbocycles. The Kier molecular flexibility index (Phi) is 6.11. The van der Waals surface area contributed by atoms with Crippen LogP contribution in [0.4, 0.5) is 0 Å². The highest BCUT2D eigenvalue weighted by atomic mass is 16.3. The second-order valence-electron chi connectivity index (χ2n) is 13.8. The molecule has 2 fully saturated rings. The van der Waals surface area contributed by atoms with E-state index in [1.165, 1.54) is 44.1 Å². The van der Waals surface area contributed by atoms with Crippen LogP contribution in [0.25, 0.3) is 0 Å². The summed E-state index contributed by atoms with van der Waals surface area (Å²) in [5.74, 6) is 1.84. The van der Waals surface area contributed by atoms with Gasteiger partial charge in [-0.15, -0.1) is 0 Å². The van der Waals surface area contributed by atoms with E-state index in [-0.39, 0.29) is 23.0 Å². The second-order valence-corrected chi connectivity index (χ2v) is 13.8. The average molecular weight is 443 g/mol. The zero-order valence-electron chi connectivity index (χ0n) is 22.2. The van der Waals surface area contributed by atoms with E-state index in [0.29, 0.717) is 28.6 Å². The third kappa shape index (κ3) is 3.41. The predicted octanol–water partition coefficient (Wildman–Crippen LogP) is 7.45. The smallest absolute Gasteiger partial charge is 0.0726 e. The third-order valence-electron chi connectivity index (χ3n) is 11.6. The van der Waals surface area contributed by atoms with Gasteiger partial charge in [0.25, 0.3) is 0 Å². The summed E-state index contributed by atoms with van der Waals surface area (Å²) < 4.78 is 0. The zero-order valence-corrected chi connectivity index (χ0v) is 22.2. The van der Waals surface area contributed by atoms with Crippen LogP contribution >= 0.6 is 0 Å². The molecular weight excluding hydrogens is 392 g/mol. The molecular formula is C30H50O2. The van der Waals surface area contributed by atoms with Gasteiger partial charge in [0, 0.05) is 0 Å². The molecule has 2 N–H and O–H groups in total. The Hall–Kier alpha value is -0.600. The van der Waals surface area contributed by atoms with Gasteiger partial charge in [-0.25, -0.2) is 0 Å². The summed E-state index contributed by atoms with van der Waals surface area (Å²) >= 11 is 0. The van der Waals surface area contributed by atoms with Gasteiger partial charge in [-0.2, -0.15) is 0 Å². The minimum absolute atomic E-state index is 0.0149. The Morgan fingerprint density at radius 1 is 0.969 bits per heavy atom. The van der Waals surface area contributed by atoms with Crippen LogP contribution in [-0.2, 0) is 0 Å². The average Bonchev–Trinajstić information content (AvgIpc) is 2.96. The third-order valence-corrected chi connectivity index (χ3v) is 11.6. The zero-order chi connectivity index (χ0) is 23.7. The molecule has 8 atom stereocenters. The first-order chi connectivity index (χ1) is 14.8. The normalized spacial score (nSPS) is 44.9. The van der Waals surface area contributed by atoms with Crippen molar-refractivity contribution in [2.75, 3.05) is 0 Å². The van der Waals surface area contributed by atoms with Crippen molar-refractivity contribution in [2.45, 2.75) is 125 Å². The number of rotatable bonds is 4. The highest BCUT2D eigenvalue weighted by Crippen LogP contribution is 2.72. The summed E-state index contributed by atoms with van der Waals surface area (Å²) in [6.45, 7) is 19.0. The van der Waals surface area contributed by atoms with E-state index < -0.39 is 0 Å². The van der Waals surface area contributed by atoms with Crippen LogP contribution in [0.3, 0.4) is 0 Å². The molecule has 4 aliphatic rings. The van der Waals surface area contributed by atoms with Gasteiger partial charge in [0.15, 0.2) is 0 Å². The molecule has 2 nitrogen and oxygen atoms in total. The summed E-state index contributed by atoms with van der Waals surface area (Å²) in [5.41, 5.74) is 5.75. The summed E-state index contributed by atoms with van der Waals surface area (Å²) in [7, 11) is 0. The van der Waals surface area contributed by atoms with Crippen molar-refractivity contribution >= 4 is 0 Å². The molecule has 0 saturated heterocycles. The highest BCUT2D eigenvalue weighted by molar-refractivity contribution is 5.38. The van der Waals surface area contributed by atoms with Crippen LogP contribution in [0.5, 0.6) is 0 Å². The van der Waals surface area contributed by atoms with Gasteiger partial charge in [-0.3, -0.25) is 0 Å². The minimum Gasteiger partial charge on any atom is -0.393 e. The van der Waals surface area contributed by atoms with E-state index >= 15 is 0 Å². The molecule has 0 heterocycles. The van der Waals surface area contributed by atoms with Gasteiger partial charge in [0.05, 0.1) is 12.2 Å². The lowest BCUT2D eigenvalue weighted by molar-refractivity contribution is -0.0963. The van der Waals surface area contributed by atoms with Crippen LogP contribution in [0, 0.1) is 39.4 Å². The molecule has 0 aromatic rings. The maximum absolute atomic E-state index is 10.8.